The molecule has 2 heterocycles. The van der Waals surface area contributed by atoms with E-state index in [1.54, 1.807) is 19.2 Å². The van der Waals surface area contributed by atoms with Crippen LogP contribution in [0.15, 0.2) is 5.38 Å². The number of nitrogens with zero attached hydrogens (tertiary/aromatic N) is 2. The molecule has 7 heteroatoms. The Balaban J connectivity index is 2.20. The summed E-state index contributed by atoms with van der Waals surface area (Å²) < 4.78 is 0. The van der Waals surface area contributed by atoms with Gasteiger partial charge in [0.15, 0.2) is 5.13 Å². The first-order valence-electron chi connectivity index (χ1n) is 6.12. The van der Waals surface area contributed by atoms with Gasteiger partial charge in [0.05, 0.1) is 12.2 Å². The number of nitrogens with one attached hydrogen (secondary N) is 1. The first-order chi connectivity index (χ1) is 8.91. The second-order valence-corrected chi connectivity index (χ2v) is 5.91. The highest BCUT2D eigenvalue weighted by Gasteiger charge is 2.32. The minimum Gasteiger partial charge on any atom is -0.481 e. The lowest BCUT2D eigenvalue weighted by molar-refractivity contribution is -0.142. The molecule has 1 amide bonds. The fourth-order valence-corrected chi connectivity index (χ4v) is 2.80. The van der Waals surface area contributed by atoms with Crippen LogP contribution in [0.3, 0.4) is 0 Å². The SMILES string of the molecule is CC(C)(C(=O)O)c1csc(N2CCCNC(=O)C2)n1. The molecule has 19 heavy (non-hydrogen) atoms. The van der Waals surface area contributed by atoms with E-state index in [1.165, 1.54) is 11.3 Å². The van der Waals surface area contributed by atoms with Gasteiger partial charge in [0.1, 0.15) is 5.41 Å². The molecule has 1 saturated heterocycles. The maximum absolute atomic E-state index is 11.5. The number of carboxylic acid groups (broad SMARTS) is 1. The predicted octanol–water partition coefficient (Wildman–Crippen LogP) is 0.832. The lowest BCUT2D eigenvalue weighted by Crippen LogP contribution is -2.33. The maximum atomic E-state index is 11.5. The van der Waals surface area contributed by atoms with E-state index < -0.39 is 11.4 Å². The highest BCUT2D eigenvalue weighted by Crippen LogP contribution is 2.29. The molecule has 0 atom stereocenters. The predicted molar refractivity (Wildman–Crippen MR) is 72.6 cm³/mol. The summed E-state index contributed by atoms with van der Waals surface area (Å²) in [5, 5.41) is 14.5. The number of anilines is 1. The highest BCUT2D eigenvalue weighted by atomic mass is 32.1. The third-order valence-corrected chi connectivity index (χ3v) is 4.10. The number of amides is 1. The monoisotopic (exact) mass is 283 g/mol. The standard InChI is InChI=1S/C12H17N3O3S/c1-12(2,10(17)18)8-7-19-11(14-8)15-5-3-4-13-9(16)6-15/h7H,3-6H2,1-2H3,(H,13,16)(H,17,18). The number of thiazole rings is 1. The van der Waals surface area contributed by atoms with Crippen LogP contribution in [-0.2, 0) is 15.0 Å². The van der Waals surface area contributed by atoms with E-state index in [9.17, 15) is 14.7 Å². The van der Waals surface area contributed by atoms with E-state index in [0.717, 1.165) is 13.0 Å². The van der Waals surface area contributed by atoms with Crippen molar-refractivity contribution in [3.63, 3.8) is 0 Å². The average molecular weight is 283 g/mol. The molecule has 0 radical (unpaired) electrons. The van der Waals surface area contributed by atoms with Crippen molar-refractivity contribution in [2.75, 3.05) is 24.5 Å². The van der Waals surface area contributed by atoms with Crippen LogP contribution in [0.4, 0.5) is 5.13 Å². The minimum absolute atomic E-state index is 0.0215. The van der Waals surface area contributed by atoms with Crippen LogP contribution in [0.1, 0.15) is 26.0 Å². The Bertz CT molecular complexity index is 498. The van der Waals surface area contributed by atoms with E-state index in [0.29, 0.717) is 17.4 Å². The Kier molecular flexibility index (Phi) is 3.75. The van der Waals surface area contributed by atoms with E-state index >= 15 is 0 Å². The Morgan fingerprint density at radius 1 is 1.58 bits per heavy atom. The molecular formula is C12H17N3O3S. The smallest absolute Gasteiger partial charge is 0.315 e. The van der Waals surface area contributed by atoms with Crippen LogP contribution in [0.5, 0.6) is 0 Å². The van der Waals surface area contributed by atoms with E-state index in [1.807, 2.05) is 4.90 Å². The van der Waals surface area contributed by atoms with E-state index in [2.05, 4.69) is 10.3 Å². The zero-order chi connectivity index (χ0) is 14.0. The highest BCUT2D eigenvalue weighted by molar-refractivity contribution is 7.13. The Hall–Kier alpha value is -1.63. The van der Waals surface area contributed by atoms with Crippen molar-refractivity contribution >= 4 is 28.3 Å². The summed E-state index contributed by atoms with van der Waals surface area (Å²) in [5.41, 5.74) is -0.479. The average Bonchev–Trinajstić information content (AvgIpc) is 2.74. The summed E-state index contributed by atoms with van der Waals surface area (Å²) in [6.45, 7) is 4.96. The summed E-state index contributed by atoms with van der Waals surface area (Å²) in [4.78, 5) is 29.0. The molecule has 1 fully saturated rings. The van der Waals surface area contributed by atoms with Gasteiger partial charge in [-0.05, 0) is 20.3 Å². The Morgan fingerprint density at radius 3 is 3.00 bits per heavy atom. The maximum Gasteiger partial charge on any atom is 0.315 e. The van der Waals surface area contributed by atoms with E-state index in [-0.39, 0.29) is 12.5 Å². The molecule has 0 unspecified atom stereocenters. The summed E-state index contributed by atoms with van der Waals surface area (Å²) in [5.74, 6) is -0.926. The number of aromatic nitrogens is 1. The van der Waals surface area contributed by atoms with Crippen molar-refractivity contribution in [2.45, 2.75) is 25.7 Å². The first-order valence-corrected chi connectivity index (χ1v) is 7.00. The van der Waals surface area contributed by atoms with Crippen molar-refractivity contribution in [2.24, 2.45) is 0 Å². The number of carbonyl (C=O) groups excluding carboxylic acids is 1. The molecule has 2 N–H and O–H groups in total. The van der Waals surface area contributed by atoms with Gasteiger partial charge in [-0.1, -0.05) is 0 Å². The zero-order valence-electron chi connectivity index (χ0n) is 11.0. The van der Waals surface area contributed by atoms with Crippen LogP contribution in [-0.4, -0.2) is 41.6 Å². The molecule has 0 saturated carbocycles. The number of aliphatic carboxylic acids is 1. The van der Waals surface area contributed by atoms with Gasteiger partial charge in [0.25, 0.3) is 0 Å². The molecule has 1 aliphatic rings. The van der Waals surface area contributed by atoms with Crippen molar-refractivity contribution in [1.82, 2.24) is 10.3 Å². The molecule has 104 valence electrons. The van der Waals surface area contributed by atoms with Gasteiger partial charge in [0, 0.05) is 18.5 Å². The topological polar surface area (TPSA) is 82.5 Å². The second-order valence-electron chi connectivity index (χ2n) is 5.07. The molecule has 1 aliphatic heterocycles. The third kappa shape index (κ3) is 2.86. The van der Waals surface area contributed by atoms with Crippen LogP contribution in [0, 0.1) is 0 Å². The molecule has 2 rings (SSSR count). The lowest BCUT2D eigenvalue weighted by Gasteiger charge is -2.19. The van der Waals surface area contributed by atoms with Crippen molar-refractivity contribution < 1.29 is 14.7 Å². The van der Waals surface area contributed by atoms with Crippen molar-refractivity contribution in [3.8, 4) is 0 Å². The van der Waals surface area contributed by atoms with Crippen LogP contribution in [0.25, 0.3) is 0 Å². The number of carboxylic acids is 1. The van der Waals surface area contributed by atoms with Gasteiger partial charge in [-0.3, -0.25) is 9.59 Å². The molecule has 1 aromatic rings. The van der Waals surface area contributed by atoms with Gasteiger partial charge in [0.2, 0.25) is 5.91 Å². The minimum atomic E-state index is -1.01. The molecule has 0 aliphatic carbocycles. The number of hydrogen-bond acceptors (Lipinski definition) is 5. The molecule has 0 bridgehead atoms. The quantitative estimate of drug-likeness (QED) is 0.858. The molecule has 6 nitrogen and oxygen atoms in total. The molecular weight excluding hydrogens is 266 g/mol. The third-order valence-electron chi connectivity index (χ3n) is 3.20. The van der Waals surface area contributed by atoms with Crippen LogP contribution in [0.2, 0.25) is 0 Å². The number of carbonyl (C=O) groups is 2. The van der Waals surface area contributed by atoms with Crippen molar-refractivity contribution in [1.29, 1.82) is 0 Å². The summed E-state index contributed by atoms with van der Waals surface area (Å²) >= 11 is 1.38. The van der Waals surface area contributed by atoms with Crippen LogP contribution >= 0.6 is 11.3 Å². The number of hydrogen-bond donors (Lipinski definition) is 2. The van der Waals surface area contributed by atoms with Gasteiger partial charge in [-0.25, -0.2) is 4.98 Å². The fourth-order valence-electron chi connectivity index (χ4n) is 1.78. The van der Waals surface area contributed by atoms with Gasteiger partial charge < -0.3 is 15.3 Å². The fraction of sp³-hybridized carbons (Fsp3) is 0.583. The Labute approximate surface area is 115 Å². The molecule has 1 aromatic heterocycles. The van der Waals surface area contributed by atoms with E-state index in [4.69, 9.17) is 0 Å². The molecule has 0 spiro atoms. The normalized spacial score (nSPS) is 16.9. The largest absolute Gasteiger partial charge is 0.481 e. The van der Waals surface area contributed by atoms with Gasteiger partial charge >= 0.3 is 5.97 Å². The summed E-state index contributed by atoms with van der Waals surface area (Å²) in [6.07, 6.45) is 0.864. The zero-order valence-corrected chi connectivity index (χ0v) is 11.8. The van der Waals surface area contributed by atoms with Crippen LogP contribution < -0.4 is 10.2 Å². The second kappa shape index (κ2) is 5.16. The summed E-state index contributed by atoms with van der Waals surface area (Å²) in [6, 6.07) is 0. The molecule has 0 aromatic carbocycles. The van der Waals surface area contributed by atoms with Gasteiger partial charge in [-0.15, -0.1) is 11.3 Å². The Morgan fingerprint density at radius 2 is 2.32 bits per heavy atom. The summed E-state index contributed by atoms with van der Waals surface area (Å²) in [7, 11) is 0. The van der Waals surface area contributed by atoms with Crippen molar-refractivity contribution in [3.05, 3.63) is 11.1 Å². The lowest BCUT2D eigenvalue weighted by atomic mass is 9.90. The number of rotatable bonds is 3. The van der Waals surface area contributed by atoms with Gasteiger partial charge in [-0.2, -0.15) is 0 Å². The first kappa shape index (κ1) is 13.8.